The number of hydrogen-bond acceptors (Lipinski definition) is 5. The molecule has 0 saturated carbocycles. The van der Waals surface area contributed by atoms with Gasteiger partial charge in [-0.3, -0.25) is 9.58 Å². The van der Waals surface area contributed by atoms with Crippen molar-refractivity contribution in [3.63, 3.8) is 0 Å². The number of nitrogens with zero attached hydrogens (tertiary/aromatic N) is 4. The Morgan fingerprint density at radius 1 is 1.53 bits per heavy atom. The van der Waals surface area contributed by atoms with E-state index in [2.05, 4.69) is 15.0 Å². The number of hydrogen-bond donors (Lipinski definition) is 1. The summed E-state index contributed by atoms with van der Waals surface area (Å²) in [5, 5.41) is 13.1. The fourth-order valence-electron chi connectivity index (χ4n) is 1.86. The smallest absolute Gasteiger partial charge is 0.339 e. The highest BCUT2D eigenvalue weighted by Gasteiger charge is 2.17. The Labute approximate surface area is 115 Å². The molecule has 0 aliphatic carbocycles. The molecule has 2 rings (SSSR count). The SMILES string of the molecule is Cc1ncsc1CN(C)Cc1c(C(=O)O)cnn1C. The summed E-state index contributed by atoms with van der Waals surface area (Å²) < 4.78 is 1.61. The molecule has 0 spiro atoms. The fraction of sp³-hybridized carbons (Fsp3) is 0.417. The van der Waals surface area contributed by atoms with Gasteiger partial charge in [0, 0.05) is 25.0 Å². The van der Waals surface area contributed by atoms with E-state index in [0.717, 1.165) is 12.2 Å². The number of rotatable bonds is 5. The quantitative estimate of drug-likeness (QED) is 0.899. The zero-order valence-electron chi connectivity index (χ0n) is 11.1. The summed E-state index contributed by atoms with van der Waals surface area (Å²) in [6.07, 6.45) is 1.39. The normalized spacial score (nSPS) is 11.2. The molecule has 7 heteroatoms. The standard InChI is InChI=1S/C12H16N4O2S/c1-8-11(19-7-13-8)6-15(2)5-10-9(12(17)18)4-14-16(10)3/h4,7H,5-6H2,1-3H3,(H,17,18). The summed E-state index contributed by atoms with van der Waals surface area (Å²) in [7, 11) is 3.71. The minimum atomic E-state index is -0.939. The second kappa shape index (κ2) is 5.50. The molecule has 1 N–H and O–H groups in total. The first kappa shape index (κ1) is 13.7. The molecule has 0 atom stereocenters. The maximum atomic E-state index is 11.1. The second-order valence-corrected chi connectivity index (χ2v) is 5.41. The van der Waals surface area contributed by atoms with Crippen molar-refractivity contribution in [2.24, 2.45) is 7.05 Å². The lowest BCUT2D eigenvalue weighted by Gasteiger charge is -2.16. The molecule has 0 bridgehead atoms. The monoisotopic (exact) mass is 280 g/mol. The van der Waals surface area contributed by atoms with Crippen LogP contribution in [0.2, 0.25) is 0 Å². The van der Waals surface area contributed by atoms with Gasteiger partial charge in [-0.1, -0.05) is 0 Å². The highest BCUT2D eigenvalue weighted by Crippen LogP contribution is 2.16. The molecular weight excluding hydrogens is 264 g/mol. The average Bonchev–Trinajstić information content (AvgIpc) is 2.88. The highest BCUT2D eigenvalue weighted by atomic mass is 32.1. The van der Waals surface area contributed by atoms with Crippen LogP contribution < -0.4 is 0 Å². The molecule has 0 fully saturated rings. The molecule has 2 aromatic rings. The third-order valence-electron chi connectivity index (χ3n) is 2.97. The van der Waals surface area contributed by atoms with Gasteiger partial charge < -0.3 is 5.11 Å². The van der Waals surface area contributed by atoms with Gasteiger partial charge in [0.2, 0.25) is 0 Å². The Bertz CT molecular complexity index is 590. The molecule has 2 aromatic heterocycles. The van der Waals surface area contributed by atoms with Crippen molar-refractivity contribution in [3.05, 3.63) is 33.5 Å². The number of aromatic carboxylic acids is 1. The third kappa shape index (κ3) is 2.99. The van der Waals surface area contributed by atoms with Crippen molar-refractivity contribution in [3.8, 4) is 0 Å². The topological polar surface area (TPSA) is 71.2 Å². The van der Waals surface area contributed by atoms with E-state index < -0.39 is 5.97 Å². The minimum absolute atomic E-state index is 0.260. The number of aryl methyl sites for hydroxylation is 2. The lowest BCUT2D eigenvalue weighted by molar-refractivity contribution is 0.0694. The minimum Gasteiger partial charge on any atom is -0.478 e. The second-order valence-electron chi connectivity index (χ2n) is 4.47. The molecule has 0 aliphatic rings. The third-order valence-corrected chi connectivity index (χ3v) is 3.89. The van der Waals surface area contributed by atoms with Crippen LogP contribution in [0.5, 0.6) is 0 Å². The van der Waals surface area contributed by atoms with Crippen LogP contribution in [0.15, 0.2) is 11.7 Å². The summed E-state index contributed by atoms with van der Waals surface area (Å²) in [5.41, 5.74) is 3.82. The first-order chi connectivity index (χ1) is 8.99. The molecule has 0 aliphatic heterocycles. The van der Waals surface area contributed by atoms with Gasteiger partial charge in [-0.15, -0.1) is 11.3 Å². The van der Waals surface area contributed by atoms with E-state index in [0.29, 0.717) is 12.2 Å². The van der Waals surface area contributed by atoms with E-state index in [1.165, 1.54) is 11.1 Å². The number of thiazole rings is 1. The summed E-state index contributed by atoms with van der Waals surface area (Å²) in [6.45, 7) is 3.27. The van der Waals surface area contributed by atoms with Crippen LogP contribution in [0.4, 0.5) is 0 Å². The van der Waals surface area contributed by atoms with Gasteiger partial charge in [0.25, 0.3) is 0 Å². The molecular formula is C12H16N4O2S. The Hall–Kier alpha value is -1.73. The summed E-state index contributed by atoms with van der Waals surface area (Å²) in [5.74, 6) is -0.939. The van der Waals surface area contributed by atoms with Crippen molar-refractivity contribution in [2.45, 2.75) is 20.0 Å². The van der Waals surface area contributed by atoms with E-state index in [9.17, 15) is 4.79 Å². The van der Waals surface area contributed by atoms with E-state index in [-0.39, 0.29) is 5.56 Å². The van der Waals surface area contributed by atoms with Gasteiger partial charge in [0.1, 0.15) is 5.56 Å². The Balaban J connectivity index is 2.11. The van der Waals surface area contributed by atoms with Gasteiger partial charge in [-0.05, 0) is 14.0 Å². The largest absolute Gasteiger partial charge is 0.478 e. The van der Waals surface area contributed by atoms with Gasteiger partial charge >= 0.3 is 5.97 Å². The maximum Gasteiger partial charge on any atom is 0.339 e. The van der Waals surface area contributed by atoms with E-state index in [1.807, 2.05) is 19.5 Å². The zero-order chi connectivity index (χ0) is 14.0. The van der Waals surface area contributed by atoms with Crippen molar-refractivity contribution >= 4 is 17.3 Å². The summed E-state index contributed by atoms with van der Waals surface area (Å²) >= 11 is 1.61. The van der Waals surface area contributed by atoms with Crippen molar-refractivity contribution in [2.75, 3.05) is 7.05 Å². The molecule has 2 heterocycles. The van der Waals surface area contributed by atoms with Crippen molar-refractivity contribution < 1.29 is 9.90 Å². The lowest BCUT2D eigenvalue weighted by Crippen LogP contribution is -2.20. The molecule has 0 amide bonds. The average molecular weight is 280 g/mol. The van der Waals surface area contributed by atoms with Crippen molar-refractivity contribution in [1.29, 1.82) is 0 Å². The Morgan fingerprint density at radius 3 is 2.84 bits per heavy atom. The lowest BCUT2D eigenvalue weighted by atomic mass is 10.2. The van der Waals surface area contributed by atoms with Gasteiger partial charge in [-0.2, -0.15) is 5.10 Å². The fourth-order valence-corrected chi connectivity index (χ4v) is 2.72. The Morgan fingerprint density at radius 2 is 2.26 bits per heavy atom. The van der Waals surface area contributed by atoms with Crippen molar-refractivity contribution in [1.82, 2.24) is 19.7 Å². The highest BCUT2D eigenvalue weighted by molar-refractivity contribution is 7.09. The van der Waals surface area contributed by atoms with Crippen LogP contribution in [0.3, 0.4) is 0 Å². The van der Waals surface area contributed by atoms with Crippen LogP contribution in [0.25, 0.3) is 0 Å². The van der Waals surface area contributed by atoms with Crippen LogP contribution in [0, 0.1) is 6.92 Å². The molecule has 0 radical (unpaired) electrons. The predicted molar refractivity (Wildman–Crippen MR) is 72.2 cm³/mol. The predicted octanol–water partition coefficient (Wildman–Crippen LogP) is 1.52. The summed E-state index contributed by atoms with van der Waals surface area (Å²) in [6, 6.07) is 0. The van der Waals surface area contributed by atoms with E-state index in [4.69, 9.17) is 5.11 Å². The Kier molecular flexibility index (Phi) is 3.96. The zero-order valence-corrected chi connectivity index (χ0v) is 11.9. The first-order valence-electron chi connectivity index (χ1n) is 5.80. The number of carboxylic acids is 1. The van der Waals surface area contributed by atoms with Gasteiger partial charge in [-0.25, -0.2) is 9.78 Å². The van der Waals surface area contributed by atoms with Gasteiger partial charge in [0.05, 0.1) is 23.1 Å². The number of carbonyl (C=O) groups is 1. The van der Waals surface area contributed by atoms with Crippen LogP contribution >= 0.6 is 11.3 Å². The number of carboxylic acid groups (broad SMARTS) is 1. The van der Waals surface area contributed by atoms with Gasteiger partial charge in [0.15, 0.2) is 0 Å². The molecule has 0 unspecified atom stereocenters. The molecule has 0 saturated heterocycles. The summed E-state index contributed by atoms with van der Waals surface area (Å²) in [4.78, 5) is 18.6. The molecule has 19 heavy (non-hydrogen) atoms. The van der Waals surface area contributed by atoms with Crippen LogP contribution in [0.1, 0.15) is 26.6 Å². The first-order valence-corrected chi connectivity index (χ1v) is 6.68. The van der Waals surface area contributed by atoms with Crippen LogP contribution in [-0.2, 0) is 20.1 Å². The maximum absolute atomic E-state index is 11.1. The molecule has 6 nitrogen and oxygen atoms in total. The molecule has 0 aromatic carbocycles. The molecule has 102 valence electrons. The van der Waals surface area contributed by atoms with Crippen LogP contribution in [-0.4, -0.2) is 37.8 Å². The van der Waals surface area contributed by atoms with E-state index in [1.54, 1.807) is 23.1 Å². The van der Waals surface area contributed by atoms with E-state index >= 15 is 0 Å². The number of aromatic nitrogens is 3.